The van der Waals surface area contributed by atoms with Gasteiger partial charge in [-0.3, -0.25) is 14.5 Å². The number of nitrogens with zero attached hydrogens (tertiary/aromatic N) is 1. The lowest BCUT2D eigenvalue weighted by Crippen LogP contribution is -2.56. The Morgan fingerprint density at radius 3 is 2.61 bits per heavy atom. The van der Waals surface area contributed by atoms with Gasteiger partial charge >= 0.3 is 0 Å². The maximum atomic E-state index is 12.7. The number of piperazine rings is 1. The number of fused-ring (bicyclic) bond motifs is 1. The van der Waals surface area contributed by atoms with E-state index < -0.39 is 6.04 Å². The van der Waals surface area contributed by atoms with E-state index in [4.69, 9.17) is 4.74 Å². The van der Waals surface area contributed by atoms with Crippen LogP contribution in [-0.4, -0.2) is 55.5 Å². The lowest BCUT2D eigenvalue weighted by molar-refractivity contribution is -0.133. The highest BCUT2D eigenvalue weighted by Gasteiger charge is 2.32. The molecule has 2 aromatic rings. The summed E-state index contributed by atoms with van der Waals surface area (Å²) in [6.07, 6.45) is 5.89. The summed E-state index contributed by atoms with van der Waals surface area (Å²) in [6.45, 7) is 1.91. The fourth-order valence-electron chi connectivity index (χ4n) is 4.44. The summed E-state index contributed by atoms with van der Waals surface area (Å²) in [5.41, 5.74) is 3.58. The zero-order valence-electron chi connectivity index (χ0n) is 17.8. The fourth-order valence-corrected chi connectivity index (χ4v) is 4.44. The van der Waals surface area contributed by atoms with Crippen molar-refractivity contribution < 1.29 is 14.3 Å². The van der Waals surface area contributed by atoms with E-state index in [1.165, 1.54) is 11.1 Å². The van der Waals surface area contributed by atoms with Crippen LogP contribution in [0.3, 0.4) is 0 Å². The molecule has 1 aliphatic carbocycles. The van der Waals surface area contributed by atoms with Crippen molar-refractivity contribution in [2.45, 2.75) is 31.3 Å². The van der Waals surface area contributed by atoms with E-state index in [0.717, 1.165) is 30.7 Å². The first-order chi connectivity index (χ1) is 15.1. The molecule has 2 N–H and O–H groups in total. The lowest BCUT2D eigenvalue weighted by Gasteiger charge is -2.34. The molecule has 0 radical (unpaired) electrons. The smallest absolute Gasteiger partial charge is 0.237 e. The molecule has 31 heavy (non-hydrogen) atoms. The Hall–Kier alpha value is -3.12. The number of hydrogen-bond acceptors (Lipinski definition) is 4. The van der Waals surface area contributed by atoms with E-state index in [9.17, 15) is 9.59 Å². The molecule has 2 aromatic carbocycles. The van der Waals surface area contributed by atoms with E-state index in [2.05, 4.69) is 27.7 Å². The van der Waals surface area contributed by atoms with Gasteiger partial charge in [-0.15, -0.1) is 0 Å². The molecule has 4 rings (SSSR count). The van der Waals surface area contributed by atoms with Crippen LogP contribution in [0.5, 0.6) is 5.75 Å². The number of methoxy groups -OCH3 is 1. The van der Waals surface area contributed by atoms with Gasteiger partial charge in [-0.2, -0.15) is 0 Å². The highest BCUT2D eigenvalue weighted by molar-refractivity contribution is 5.89. The molecule has 0 aromatic heterocycles. The van der Waals surface area contributed by atoms with Gasteiger partial charge in [0, 0.05) is 31.2 Å². The molecule has 1 atom stereocenters. The third-order valence-corrected chi connectivity index (χ3v) is 6.01. The van der Waals surface area contributed by atoms with Gasteiger partial charge in [0.15, 0.2) is 0 Å². The second-order valence-electron chi connectivity index (χ2n) is 8.09. The highest BCUT2D eigenvalue weighted by atomic mass is 16.5. The van der Waals surface area contributed by atoms with Crippen molar-refractivity contribution in [2.24, 2.45) is 0 Å². The lowest BCUT2D eigenvalue weighted by atomic mass is 10.1. The van der Waals surface area contributed by atoms with Crippen molar-refractivity contribution in [2.75, 3.05) is 26.7 Å². The van der Waals surface area contributed by atoms with E-state index >= 15 is 0 Å². The largest absolute Gasteiger partial charge is 0.496 e. The molecule has 0 spiro atoms. The second-order valence-corrected chi connectivity index (χ2v) is 8.09. The topological polar surface area (TPSA) is 70.7 Å². The first-order valence-electron chi connectivity index (χ1n) is 10.8. The number of carbonyl (C=O) groups excluding carboxylic acids is 2. The van der Waals surface area contributed by atoms with Gasteiger partial charge in [0.25, 0.3) is 0 Å². The van der Waals surface area contributed by atoms with Crippen LogP contribution in [0, 0.1) is 0 Å². The number of rotatable bonds is 7. The molecule has 2 amide bonds. The Bertz CT molecular complexity index is 947. The van der Waals surface area contributed by atoms with Crippen LogP contribution in [0.15, 0.2) is 54.6 Å². The number of para-hydroxylation sites is 1. The average Bonchev–Trinajstić information content (AvgIpc) is 3.18. The van der Waals surface area contributed by atoms with E-state index in [1.54, 1.807) is 7.11 Å². The van der Waals surface area contributed by atoms with Crippen molar-refractivity contribution in [3.05, 3.63) is 71.3 Å². The third-order valence-electron chi connectivity index (χ3n) is 6.01. The molecule has 162 valence electrons. The monoisotopic (exact) mass is 419 g/mol. The van der Waals surface area contributed by atoms with Gasteiger partial charge in [0.1, 0.15) is 5.75 Å². The first kappa shape index (κ1) is 21.1. The maximum Gasteiger partial charge on any atom is 0.237 e. The third kappa shape index (κ3) is 5.14. The molecule has 1 aliphatic heterocycles. The standard InChI is InChI=1S/C25H29N3O3/c1-31-23-11-5-4-7-18(23)10-6-13-28-14-12-26-25(30)22(28)17-24(29)27-21-15-19-8-2-3-9-20(19)16-21/h2-11,21-22H,12-17H2,1H3,(H,26,30)(H,27,29)/b10-6+. The summed E-state index contributed by atoms with van der Waals surface area (Å²) >= 11 is 0. The van der Waals surface area contributed by atoms with Crippen LogP contribution in [0.2, 0.25) is 0 Å². The minimum atomic E-state index is -0.458. The second kappa shape index (κ2) is 9.79. The molecule has 6 nitrogen and oxygen atoms in total. The van der Waals surface area contributed by atoms with Crippen molar-refractivity contribution in [3.8, 4) is 5.75 Å². The van der Waals surface area contributed by atoms with E-state index in [0.29, 0.717) is 13.1 Å². The Morgan fingerprint density at radius 1 is 1.16 bits per heavy atom. The zero-order valence-corrected chi connectivity index (χ0v) is 17.8. The zero-order chi connectivity index (χ0) is 21.6. The van der Waals surface area contributed by atoms with Gasteiger partial charge < -0.3 is 15.4 Å². The minimum Gasteiger partial charge on any atom is -0.496 e. The van der Waals surface area contributed by atoms with Gasteiger partial charge in [0.2, 0.25) is 11.8 Å². The van der Waals surface area contributed by atoms with Crippen LogP contribution in [0.25, 0.3) is 6.08 Å². The predicted molar refractivity (Wildman–Crippen MR) is 121 cm³/mol. The number of ether oxygens (including phenoxy) is 1. The van der Waals surface area contributed by atoms with E-state index in [-0.39, 0.29) is 24.3 Å². The molecule has 0 bridgehead atoms. The molecule has 1 heterocycles. The molecule has 1 unspecified atom stereocenters. The number of nitrogens with one attached hydrogen (secondary N) is 2. The maximum absolute atomic E-state index is 12.7. The Kier molecular flexibility index (Phi) is 6.67. The van der Waals surface area contributed by atoms with Crippen molar-refractivity contribution in [1.82, 2.24) is 15.5 Å². The normalized spacial score (nSPS) is 19.3. The molecule has 1 fully saturated rings. The van der Waals surface area contributed by atoms with Gasteiger partial charge in [-0.25, -0.2) is 0 Å². The van der Waals surface area contributed by atoms with Gasteiger partial charge in [0.05, 0.1) is 19.6 Å². The highest BCUT2D eigenvalue weighted by Crippen LogP contribution is 2.22. The van der Waals surface area contributed by atoms with Gasteiger partial charge in [-0.1, -0.05) is 54.6 Å². The Balaban J connectivity index is 1.35. The van der Waals surface area contributed by atoms with Crippen LogP contribution in [0.4, 0.5) is 0 Å². The average molecular weight is 420 g/mol. The van der Waals surface area contributed by atoms with Crippen LogP contribution in [0.1, 0.15) is 23.1 Å². The summed E-state index contributed by atoms with van der Waals surface area (Å²) in [6, 6.07) is 15.8. The van der Waals surface area contributed by atoms with Crippen molar-refractivity contribution in [3.63, 3.8) is 0 Å². The number of amides is 2. The molecule has 2 aliphatic rings. The number of benzene rings is 2. The molecule has 6 heteroatoms. The quantitative estimate of drug-likeness (QED) is 0.722. The Morgan fingerprint density at radius 2 is 1.87 bits per heavy atom. The predicted octanol–water partition coefficient (Wildman–Crippen LogP) is 2.18. The summed E-state index contributed by atoms with van der Waals surface area (Å²) < 4.78 is 5.38. The fraction of sp³-hybridized carbons (Fsp3) is 0.360. The van der Waals surface area contributed by atoms with Gasteiger partial charge in [-0.05, 0) is 30.0 Å². The molecular formula is C25H29N3O3. The van der Waals surface area contributed by atoms with Crippen molar-refractivity contribution >= 4 is 17.9 Å². The van der Waals surface area contributed by atoms with Crippen LogP contribution >= 0.6 is 0 Å². The summed E-state index contributed by atoms with van der Waals surface area (Å²) in [4.78, 5) is 27.3. The molecule has 0 saturated carbocycles. The summed E-state index contributed by atoms with van der Waals surface area (Å²) in [5, 5.41) is 6.03. The van der Waals surface area contributed by atoms with Crippen molar-refractivity contribution in [1.29, 1.82) is 0 Å². The SMILES string of the molecule is COc1ccccc1/C=C/CN1CCNC(=O)C1CC(=O)NC1Cc2ccccc2C1. The molecular weight excluding hydrogens is 390 g/mol. The number of hydrogen-bond donors (Lipinski definition) is 2. The summed E-state index contributed by atoms with van der Waals surface area (Å²) in [5.74, 6) is 0.656. The first-order valence-corrected chi connectivity index (χ1v) is 10.8. The van der Waals surface area contributed by atoms with E-state index in [1.807, 2.05) is 48.6 Å². The Labute approximate surface area is 183 Å². The van der Waals surface area contributed by atoms with Crippen LogP contribution < -0.4 is 15.4 Å². The minimum absolute atomic E-state index is 0.0708. The molecule has 1 saturated heterocycles. The summed E-state index contributed by atoms with van der Waals surface area (Å²) in [7, 11) is 1.65. The number of carbonyl (C=O) groups is 2. The van der Waals surface area contributed by atoms with Crippen LogP contribution in [-0.2, 0) is 22.4 Å².